The molecule has 2 rings (SSSR count). The Morgan fingerprint density at radius 2 is 1.69 bits per heavy atom. The van der Waals surface area contributed by atoms with Gasteiger partial charge in [0.05, 0.1) is 0 Å². The summed E-state index contributed by atoms with van der Waals surface area (Å²) in [5, 5.41) is 3.79. The number of rotatable bonds is 3. The first-order chi connectivity index (χ1) is 7.75. The topological polar surface area (TPSA) is 38.0 Å². The summed E-state index contributed by atoms with van der Waals surface area (Å²) in [5.74, 6) is 1.87. The van der Waals surface area contributed by atoms with Gasteiger partial charge in [-0.2, -0.15) is 0 Å². The fraction of sp³-hybridized carbons (Fsp3) is 1.00. The third kappa shape index (κ3) is 3.46. The zero-order valence-corrected chi connectivity index (χ0v) is 10.8. The number of nitrogens with two attached hydrogens (primary N) is 1. The van der Waals surface area contributed by atoms with Crippen molar-refractivity contribution in [1.29, 1.82) is 0 Å². The first kappa shape index (κ1) is 12.4. The van der Waals surface area contributed by atoms with Crippen LogP contribution in [0.3, 0.4) is 0 Å². The maximum Gasteiger partial charge on any atom is 0.00683 e. The third-order valence-electron chi connectivity index (χ3n) is 4.73. The van der Waals surface area contributed by atoms with Crippen LogP contribution in [0.4, 0.5) is 0 Å². The van der Waals surface area contributed by atoms with Gasteiger partial charge in [0.2, 0.25) is 0 Å². The molecule has 0 aromatic heterocycles. The summed E-state index contributed by atoms with van der Waals surface area (Å²) in [6, 6.07) is 1.24. The van der Waals surface area contributed by atoms with Gasteiger partial charge >= 0.3 is 0 Å². The highest BCUT2D eigenvalue weighted by Crippen LogP contribution is 2.29. The molecule has 3 N–H and O–H groups in total. The van der Waals surface area contributed by atoms with Crippen LogP contribution in [0, 0.1) is 11.8 Å². The summed E-state index contributed by atoms with van der Waals surface area (Å²) in [5.41, 5.74) is 5.93. The predicted octanol–water partition coefficient (Wildman–Crippen LogP) is 2.67. The molecule has 2 saturated carbocycles. The summed E-state index contributed by atoms with van der Waals surface area (Å²) < 4.78 is 0. The lowest BCUT2D eigenvalue weighted by molar-refractivity contribution is 0.229. The molecule has 16 heavy (non-hydrogen) atoms. The van der Waals surface area contributed by atoms with E-state index in [0.717, 1.165) is 17.9 Å². The van der Waals surface area contributed by atoms with Gasteiger partial charge in [-0.1, -0.05) is 26.2 Å². The van der Waals surface area contributed by atoms with Crippen molar-refractivity contribution in [3.8, 4) is 0 Å². The summed E-state index contributed by atoms with van der Waals surface area (Å²) in [4.78, 5) is 0. The van der Waals surface area contributed by atoms with Crippen molar-refractivity contribution in [2.24, 2.45) is 17.6 Å². The Bertz CT molecular complexity index is 197. The average molecular weight is 224 g/mol. The van der Waals surface area contributed by atoms with Crippen LogP contribution in [0.5, 0.6) is 0 Å². The predicted molar refractivity (Wildman–Crippen MR) is 69.4 cm³/mol. The van der Waals surface area contributed by atoms with Crippen molar-refractivity contribution in [3.05, 3.63) is 0 Å². The molecule has 2 nitrogen and oxygen atoms in total. The molecular weight excluding hydrogens is 196 g/mol. The molecule has 0 aromatic rings. The summed E-state index contributed by atoms with van der Waals surface area (Å²) in [7, 11) is 0. The van der Waals surface area contributed by atoms with Crippen molar-refractivity contribution < 1.29 is 0 Å². The highest BCUT2D eigenvalue weighted by molar-refractivity contribution is 4.81. The van der Waals surface area contributed by atoms with E-state index in [2.05, 4.69) is 12.2 Å². The van der Waals surface area contributed by atoms with E-state index < -0.39 is 0 Å². The van der Waals surface area contributed by atoms with Crippen molar-refractivity contribution in [1.82, 2.24) is 5.32 Å². The normalized spacial score (nSPS) is 40.9. The Hall–Kier alpha value is -0.0800. The van der Waals surface area contributed by atoms with Crippen LogP contribution in [-0.4, -0.2) is 18.6 Å². The third-order valence-corrected chi connectivity index (χ3v) is 4.73. The molecule has 94 valence electrons. The van der Waals surface area contributed by atoms with E-state index in [0.29, 0.717) is 6.04 Å². The molecule has 0 aliphatic heterocycles. The van der Waals surface area contributed by atoms with Gasteiger partial charge in [-0.3, -0.25) is 0 Å². The van der Waals surface area contributed by atoms with Gasteiger partial charge in [-0.25, -0.2) is 0 Å². The molecule has 2 atom stereocenters. The zero-order chi connectivity index (χ0) is 11.4. The number of nitrogens with one attached hydrogen (secondary N) is 1. The SMILES string of the molecule is CC1CCCCC1CNC1CCC(N)CC1. The van der Waals surface area contributed by atoms with Crippen molar-refractivity contribution in [2.45, 2.75) is 70.4 Å². The van der Waals surface area contributed by atoms with Gasteiger partial charge in [0.15, 0.2) is 0 Å². The van der Waals surface area contributed by atoms with E-state index in [1.165, 1.54) is 57.9 Å². The highest BCUT2D eigenvalue weighted by atomic mass is 14.9. The summed E-state index contributed by atoms with van der Waals surface area (Å²) in [6.07, 6.45) is 10.8. The maximum absolute atomic E-state index is 5.93. The molecule has 0 amide bonds. The second kappa shape index (κ2) is 6.02. The molecule has 2 heteroatoms. The fourth-order valence-electron chi connectivity index (χ4n) is 3.34. The number of hydrogen-bond donors (Lipinski definition) is 2. The lowest BCUT2D eigenvalue weighted by Crippen LogP contribution is -2.40. The van der Waals surface area contributed by atoms with Crippen LogP contribution in [0.15, 0.2) is 0 Å². The van der Waals surface area contributed by atoms with E-state index in [9.17, 15) is 0 Å². The van der Waals surface area contributed by atoms with E-state index in [4.69, 9.17) is 5.73 Å². The highest BCUT2D eigenvalue weighted by Gasteiger charge is 2.23. The van der Waals surface area contributed by atoms with Gasteiger partial charge in [-0.15, -0.1) is 0 Å². The van der Waals surface area contributed by atoms with Gasteiger partial charge in [0.1, 0.15) is 0 Å². The minimum Gasteiger partial charge on any atom is -0.328 e. The van der Waals surface area contributed by atoms with Gasteiger partial charge < -0.3 is 11.1 Å². The van der Waals surface area contributed by atoms with Crippen LogP contribution in [0.2, 0.25) is 0 Å². The molecule has 0 spiro atoms. The van der Waals surface area contributed by atoms with E-state index >= 15 is 0 Å². The second-order valence-electron chi connectivity index (χ2n) is 6.04. The molecule has 0 radical (unpaired) electrons. The minimum atomic E-state index is 0.478. The monoisotopic (exact) mass is 224 g/mol. The largest absolute Gasteiger partial charge is 0.328 e. The molecule has 2 unspecified atom stereocenters. The lowest BCUT2D eigenvalue weighted by atomic mass is 9.80. The molecular formula is C14H28N2. The first-order valence-electron chi connectivity index (χ1n) is 7.24. The molecule has 0 heterocycles. The number of hydrogen-bond acceptors (Lipinski definition) is 2. The van der Waals surface area contributed by atoms with Gasteiger partial charge in [0, 0.05) is 12.1 Å². The quantitative estimate of drug-likeness (QED) is 0.773. The second-order valence-corrected chi connectivity index (χ2v) is 6.04. The Morgan fingerprint density at radius 3 is 2.38 bits per heavy atom. The Labute approximate surface area is 100 Å². The molecule has 2 fully saturated rings. The van der Waals surface area contributed by atoms with Crippen LogP contribution in [0.1, 0.15) is 58.3 Å². The summed E-state index contributed by atoms with van der Waals surface area (Å²) in [6.45, 7) is 3.68. The molecule has 0 saturated heterocycles. The molecule has 2 aliphatic rings. The van der Waals surface area contributed by atoms with Crippen LogP contribution in [0.25, 0.3) is 0 Å². The molecule has 0 bridgehead atoms. The van der Waals surface area contributed by atoms with Gasteiger partial charge in [0.25, 0.3) is 0 Å². The summed E-state index contributed by atoms with van der Waals surface area (Å²) >= 11 is 0. The Morgan fingerprint density at radius 1 is 1.00 bits per heavy atom. The minimum absolute atomic E-state index is 0.478. The van der Waals surface area contributed by atoms with Crippen LogP contribution in [-0.2, 0) is 0 Å². The van der Waals surface area contributed by atoms with Crippen molar-refractivity contribution in [2.75, 3.05) is 6.54 Å². The first-order valence-corrected chi connectivity index (χ1v) is 7.24. The lowest BCUT2D eigenvalue weighted by Gasteiger charge is -2.32. The van der Waals surface area contributed by atoms with Crippen LogP contribution < -0.4 is 11.1 Å². The molecule has 2 aliphatic carbocycles. The fourth-order valence-corrected chi connectivity index (χ4v) is 3.34. The zero-order valence-electron chi connectivity index (χ0n) is 10.8. The van der Waals surface area contributed by atoms with Crippen molar-refractivity contribution in [3.63, 3.8) is 0 Å². The van der Waals surface area contributed by atoms with E-state index in [-0.39, 0.29) is 0 Å². The van der Waals surface area contributed by atoms with E-state index in [1.807, 2.05) is 0 Å². The van der Waals surface area contributed by atoms with Crippen molar-refractivity contribution >= 4 is 0 Å². The Balaban J connectivity index is 1.66. The average Bonchev–Trinajstić information content (AvgIpc) is 2.30. The standard InChI is InChI=1S/C14H28N2/c1-11-4-2-3-5-12(11)10-16-14-8-6-13(15)7-9-14/h11-14,16H,2-10,15H2,1H3. The van der Waals surface area contributed by atoms with E-state index in [1.54, 1.807) is 0 Å². The Kier molecular flexibility index (Phi) is 4.66. The molecule has 0 aromatic carbocycles. The maximum atomic E-state index is 5.93. The van der Waals surface area contributed by atoms with Gasteiger partial charge in [-0.05, 0) is 50.5 Å². The smallest absolute Gasteiger partial charge is 0.00683 e. The van der Waals surface area contributed by atoms with Crippen LogP contribution >= 0.6 is 0 Å².